The van der Waals surface area contributed by atoms with Crippen molar-refractivity contribution >= 4 is 18.5 Å². The Morgan fingerprint density at radius 1 is 1.44 bits per heavy atom. The molecular formula is C9H17NO5S. The number of rotatable bonds is 3. The Balaban J connectivity index is 2.67. The lowest BCUT2D eigenvalue weighted by molar-refractivity contribution is -0.190. The van der Waals surface area contributed by atoms with Crippen molar-refractivity contribution < 1.29 is 24.9 Å². The molecule has 1 amide bonds. The summed E-state index contributed by atoms with van der Waals surface area (Å²) < 4.78 is 5.28. The fourth-order valence-corrected chi connectivity index (χ4v) is 1.83. The molecule has 0 saturated carbocycles. The van der Waals surface area contributed by atoms with Gasteiger partial charge in [0.05, 0.1) is 24.5 Å². The first-order valence-electron chi connectivity index (χ1n) is 5.04. The molecule has 4 N–H and O–H groups in total. The van der Waals surface area contributed by atoms with E-state index in [2.05, 4.69) is 17.9 Å². The van der Waals surface area contributed by atoms with E-state index in [-0.39, 0.29) is 18.3 Å². The van der Waals surface area contributed by atoms with Gasteiger partial charge in [-0.3, -0.25) is 4.79 Å². The summed E-state index contributed by atoms with van der Waals surface area (Å²) in [7, 11) is 0. The quantitative estimate of drug-likeness (QED) is 0.370. The molecule has 0 aromatic rings. The fraction of sp³-hybridized carbons (Fsp3) is 0.889. The molecule has 94 valence electrons. The van der Waals surface area contributed by atoms with E-state index in [1.54, 1.807) is 6.92 Å². The summed E-state index contributed by atoms with van der Waals surface area (Å²) in [6.45, 7) is 1.27. The van der Waals surface area contributed by atoms with Crippen LogP contribution in [0.3, 0.4) is 0 Å². The Bertz CT molecular complexity index is 252. The number of thiol groups is 1. The monoisotopic (exact) mass is 251 g/mol. The summed E-state index contributed by atoms with van der Waals surface area (Å²) in [5.41, 5.74) is 0. The van der Waals surface area contributed by atoms with Crippen LogP contribution in [-0.2, 0) is 9.53 Å². The minimum atomic E-state index is -1.22. The fourth-order valence-electron chi connectivity index (χ4n) is 1.74. The van der Waals surface area contributed by atoms with E-state index in [0.717, 1.165) is 0 Å². The van der Waals surface area contributed by atoms with Crippen LogP contribution in [0.15, 0.2) is 0 Å². The SMILES string of the molecule is CC1OC(CO)C(O)C(O)C1NC(=O)CS. The van der Waals surface area contributed by atoms with Crippen molar-refractivity contribution in [3.8, 4) is 0 Å². The maximum atomic E-state index is 11.1. The van der Waals surface area contributed by atoms with E-state index in [9.17, 15) is 15.0 Å². The Morgan fingerprint density at radius 3 is 2.56 bits per heavy atom. The molecule has 1 rings (SSSR count). The minimum Gasteiger partial charge on any atom is -0.394 e. The van der Waals surface area contributed by atoms with Gasteiger partial charge in [0, 0.05) is 0 Å². The average Bonchev–Trinajstić information content (AvgIpc) is 2.28. The molecule has 1 saturated heterocycles. The summed E-state index contributed by atoms with van der Waals surface area (Å²) >= 11 is 3.80. The van der Waals surface area contributed by atoms with Crippen LogP contribution in [-0.4, -0.2) is 64.0 Å². The van der Waals surface area contributed by atoms with Crippen molar-refractivity contribution in [3.05, 3.63) is 0 Å². The van der Waals surface area contributed by atoms with Crippen LogP contribution in [0.4, 0.5) is 0 Å². The molecule has 6 nitrogen and oxygen atoms in total. The zero-order valence-corrected chi connectivity index (χ0v) is 9.80. The van der Waals surface area contributed by atoms with E-state index >= 15 is 0 Å². The third kappa shape index (κ3) is 2.86. The van der Waals surface area contributed by atoms with E-state index in [0.29, 0.717) is 0 Å². The molecule has 0 aromatic heterocycles. The summed E-state index contributed by atoms with van der Waals surface area (Å²) in [4.78, 5) is 11.1. The van der Waals surface area contributed by atoms with Crippen molar-refractivity contribution in [2.45, 2.75) is 37.4 Å². The molecule has 0 spiro atoms. The first-order chi connectivity index (χ1) is 7.51. The molecule has 0 radical (unpaired) electrons. The number of aliphatic hydroxyl groups is 3. The second-order valence-electron chi connectivity index (χ2n) is 3.79. The first-order valence-corrected chi connectivity index (χ1v) is 5.67. The lowest BCUT2D eigenvalue weighted by atomic mass is 9.93. The Morgan fingerprint density at radius 2 is 2.06 bits per heavy atom. The highest BCUT2D eigenvalue weighted by molar-refractivity contribution is 7.81. The number of ether oxygens (including phenoxy) is 1. The summed E-state index contributed by atoms with van der Waals surface area (Å²) in [5.74, 6) is -0.354. The van der Waals surface area contributed by atoms with E-state index in [4.69, 9.17) is 9.84 Å². The number of carbonyl (C=O) groups is 1. The molecular weight excluding hydrogens is 234 g/mol. The van der Waals surface area contributed by atoms with Crippen LogP contribution in [0, 0.1) is 0 Å². The van der Waals surface area contributed by atoms with Crippen molar-refractivity contribution in [1.82, 2.24) is 5.32 Å². The van der Waals surface area contributed by atoms with E-state index in [1.165, 1.54) is 0 Å². The summed E-state index contributed by atoms with van der Waals surface area (Å²) in [6.07, 6.45) is -3.69. The Labute approximate surface area is 99.0 Å². The van der Waals surface area contributed by atoms with Gasteiger partial charge in [-0.1, -0.05) is 0 Å². The van der Waals surface area contributed by atoms with Crippen molar-refractivity contribution in [1.29, 1.82) is 0 Å². The molecule has 5 atom stereocenters. The molecule has 0 aliphatic carbocycles. The average molecular weight is 251 g/mol. The Hall–Kier alpha value is -0.340. The van der Waals surface area contributed by atoms with Gasteiger partial charge in [0.1, 0.15) is 18.3 Å². The maximum absolute atomic E-state index is 11.1. The minimum absolute atomic E-state index is 0.00450. The normalized spacial score (nSPS) is 39.4. The molecule has 0 aromatic carbocycles. The largest absolute Gasteiger partial charge is 0.394 e. The number of hydrogen-bond acceptors (Lipinski definition) is 6. The predicted octanol–water partition coefficient (Wildman–Crippen LogP) is -2.10. The van der Waals surface area contributed by atoms with Gasteiger partial charge in [0.25, 0.3) is 0 Å². The van der Waals surface area contributed by atoms with Gasteiger partial charge in [0.15, 0.2) is 0 Å². The second kappa shape index (κ2) is 5.83. The topological polar surface area (TPSA) is 99.0 Å². The number of hydrogen-bond donors (Lipinski definition) is 5. The van der Waals surface area contributed by atoms with Crippen LogP contribution < -0.4 is 5.32 Å². The van der Waals surface area contributed by atoms with Gasteiger partial charge < -0.3 is 25.4 Å². The van der Waals surface area contributed by atoms with Crippen molar-refractivity contribution in [2.75, 3.05) is 12.4 Å². The highest BCUT2D eigenvalue weighted by atomic mass is 32.1. The van der Waals surface area contributed by atoms with Gasteiger partial charge in [-0.15, -0.1) is 0 Å². The molecule has 7 heteroatoms. The van der Waals surface area contributed by atoms with Gasteiger partial charge in [-0.05, 0) is 6.92 Å². The van der Waals surface area contributed by atoms with Crippen LogP contribution in [0.25, 0.3) is 0 Å². The van der Waals surface area contributed by atoms with Crippen LogP contribution >= 0.6 is 12.6 Å². The van der Waals surface area contributed by atoms with Gasteiger partial charge in [0.2, 0.25) is 5.91 Å². The van der Waals surface area contributed by atoms with E-state index in [1.807, 2.05) is 0 Å². The lowest BCUT2D eigenvalue weighted by Crippen LogP contribution is -2.63. The second-order valence-corrected chi connectivity index (χ2v) is 4.11. The zero-order chi connectivity index (χ0) is 12.3. The number of amides is 1. The van der Waals surface area contributed by atoms with Crippen molar-refractivity contribution in [3.63, 3.8) is 0 Å². The summed E-state index contributed by atoms with van der Waals surface area (Å²) in [6, 6.07) is -0.697. The smallest absolute Gasteiger partial charge is 0.230 e. The number of aliphatic hydroxyl groups excluding tert-OH is 3. The van der Waals surface area contributed by atoms with Gasteiger partial charge in [-0.25, -0.2) is 0 Å². The van der Waals surface area contributed by atoms with Gasteiger partial charge in [-0.2, -0.15) is 12.6 Å². The third-order valence-electron chi connectivity index (χ3n) is 2.65. The zero-order valence-electron chi connectivity index (χ0n) is 8.91. The number of carbonyl (C=O) groups excluding carboxylic acids is 1. The molecule has 1 heterocycles. The highest BCUT2D eigenvalue weighted by Crippen LogP contribution is 2.20. The summed E-state index contributed by atoms with van der Waals surface area (Å²) in [5, 5.41) is 30.8. The van der Waals surface area contributed by atoms with Crippen LogP contribution in [0.1, 0.15) is 6.92 Å². The highest BCUT2D eigenvalue weighted by Gasteiger charge is 2.42. The maximum Gasteiger partial charge on any atom is 0.230 e. The molecule has 16 heavy (non-hydrogen) atoms. The third-order valence-corrected chi connectivity index (χ3v) is 2.93. The molecule has 0 bridgehead atoms. The standard InChI is InChI=1S/C9H17NO5S/c1-4-7(10-6(12)3-16)9(14)8(13)5(2-11)15-4/h4-5,7-9,11,13-14,16H,2-3H2,1H3,(H,10,12). The van der Waals surface area contributed by atoms with Crippen molar-refractivity contribution in [2.24, 2.45) is 0 Å². The Kier molecular flexibility index (Phi) is 5.00. The van der Waals surface area contributed by atoms with E-state index < -0.39 is 30.5 Å². The molecule has 1 fully saturated rings. The first kappa shape index (κ1) is 13.7. The number of nitrogens with one attached hydrogen (secondary N) is 1. The molecule has 5 unspecified atom stereocenters. The molecule has 1 aliphatic rings. The van der Waals surface area contributed by atoms with Gasteiger partial charge >= 0.3 is 0 Å². The lowest BCUT2D eigenvalue weighted by Gasteiger charge is -2.41. The van der Waals surface area contributed by atoms with Crippen LogP contribution in [0.5, 0.6) is 0 Å². The predicted molar refractivity (Wildman–Crippen MR) is 59.2 cm³/mol. The van der Waals surface area contributed by atoms with Crippen LogP contribution in [0.2, 0.25) is 0 Å². The molecule has 1 aliphatic heterocycles.